The number of pyridine rings is 1. The molecule has 0 aliphatic carbocycles. The standard InChI is InChI=1S/C29H31N7O3/c1-19-15-20(2)24-17-25(29(37)30-26(24)16-19)27(28-31-32-33-36(28)18-23-5-4-14-39-23)35-12-10-34(11-13-35)21-6-8-22(38-3)9-7-21/h4-9,14-17,27H,10-13,18H2,1-3H3,(H,30,37). The van der Waals surface area contributed by atoms with Gasteiger partial charge in [-0.05, 0) is 83.9 Å². The lowest BCUT2D eigenvalue weighted by molar-refractivity contribution is 0.200. The number of tetrazole rings is 1. The number of nitrogens with zero attached hydrogens (tertiary/aromatic N) is 6. The number of aryl methyl sites for hydroxylation is 2. The first kappa shape index (κ1) is 24.9. The Kier molecular flexibility index (Phi) is 6.62. The summed E-state index contributed by atoms with van der Waals surface area (Å²) in [5.74, 6) is 2.19. The second kappa shape index (κ2) is 10.4. The maximum absolute atomic E-state index is 13.6. The van der Waals surface area contributed by atoms with Crippen molar-refractivity contribution in [1.29, 1.82) is 0 Å². The molecule has 1 aliphatic heterocycles. The van der Waals surface area contributed by atoms with Crippen molar-refractivity contribution in [3.63, 3.8) is 0 Å². The Balaban J connectivity index is 1.38. The predicted molar refractivity (Wildman–Crippen MR) is 148 cm³/mol. The van der Waals surface area contributed by atoms with Crippen LogP contribution in [0.5, 0.6) is 5.75 Å². The van der Waals surface area contributed by atoms with Crippen LogP contribution < -0.4 is 15.2 Å². The molecular weight excluding hydrogens is 494 g/mol. The minimum Gasteiger partial charge on any atom is -0.497 e. The number of anilines is 1. The monoisotopic (exact) mass is 525 g/mol. The van der Waals surface area contributed by atoms with Crippen molar-refractivity contribution < 1.29 is 9.15 Å². The maximum Gasteiger partial charge on any atom is 0.253 e. The molecule has 6 rings (SSSR count). The molecule has 0 radical (unpaired) electrons. The molecule has 200 valence electrons. The zero-order valence-corrected chi connectivity index (χ0v) is 22.3. The van der Waals surface area contributed by atoms with Crippen molar-refractivity contribution in [3.05, 3.63) is 99.5 Å². The van der Waals surface area contributed by atoms with Gasteiger partial charge in [0.05, 0.1) is 13.4 Å². The minimum absolute atomic E-state index is 0.136. The Bertz CT molecular complexity index is 1630. The number of hydrogen-bond donors (Lipinski definition) is 1. The van der Waals surface area contributed by atoms with Crippen molar-refractivity contribution in [2.45, 2.75) is 26.4 Å². The van der Waals surface area contributed by atoms with Gasteiger partial charge >= 0.3 is 0 Å². The number of aromatic nitrogens is 5. The van der Waals surface area contributed by atoms with E-state index in [4.69, 9.17) is 9.15 Å². The summed E-state index contributed by atoms with van der Waals surface area (Å²) in [5.41, 5.74) is 4.69. The SMILES string of the molecule is COc1ccc(N2CCN(C(c3cc4c(C)cc(C)cc4[nH]c3=O)c3nnnn3Cc3ccco3)CC2)cc1. The summed E-state index contributed by atoms with van der Waals surface area (Å²) in [7, 11) is 1.67. The summed E-state index contributed by atoms with van der Waals surface area (Å²) >= 11 is 0. The molecule has 0 bridgehead atoms. The molecule has 0 spiro atoms. The average molecular weight is 526 g/mol. The van der Waals surface area contributed by atoms with Crippen LogP contribution >= 0.6 is 0 Å². The molecule has 1 N–H and O–H groups in total. The van der Waals surface area contributed by atoms with Gasteiger partial charge in [-0.15, -0.1) is 5.10 Å². The lowest BCUT2D eigenvalue weighted by Crippen LogP contribution is -2.49. The summed E-state index contributed by atoms with van der Waals surface area (Å²) in [5, 5.41) is 13.7. The number of aromatic amines is 1. The second-order valence-electron chi connectivity index (χ2n) is 9.99. The fourth-order valence-electron chi connectivity index (χ4n) is 5.49. The number of furan rings is 1. The van der Waals surface area contributed by atoms with Gasteiger partial charge in [0.25, 0.3) is 5.56 Å². The van der Waals surface area contributed by atoms with Crippen molar-refractivity contribution in [2.75, 3.05) is 38.2 Å². The summed E-state index contributed by atoms with van der Waals surface area (Å²) in [6, 6.07) is 17.6. The van der Waals surface area contributed by atoms with Crippen LogP contribution in [0.3, 0.4) is 0 Å². The lowest BCUT2D eigenvalue weighted by Gasteiger charge is -2.39. The van der Waals surface area contributed by atoms with E-state index in [0.717, 1.165) is 65.4 Å². The van der Waals surface area contributed by atoms with Gasteiger partial charge in [0.15, 0.2) is 5.82 Å². The molecular formula is C29H31N7O3. The first-order valence-electron chi connectivity index (χ1n) is 13.1. The molecule has 1 saturated heterocycles. The van der Waals surface area contributed by atoms with E-state index in [2.05, 4.69) is 55.4 Å². The smallest absolute Gasteiger partial charge is 0.253 e. The van der Waals surface area contributed by atoms with Gasteiger partial charge in [-0.2, -0.15) is 0 Å². The molecule has 0 saturated carbocycles. The van der Waals surface area contributed by atoms with Gasteiger partial charge in [-0.3, -0.25) is 9.69 Å². The number of methoxy groups -OCH3 is 1. The van der Waals surface area contributed by atoms with Crippen LogP contribution in [0.2, 0.25) is 0 Å². The molecule has 1 atom stereocenters. The molecule has 1 unspecified atom stereocenters. The fourth-order valence-corrected chi connectivity index (χ4v) is 5.49. The Labute approximate surface area is 225 Å². The molecule has 1 aliphatic rings. The van der Waals surface area contributed by atoms with Gasteiger partial charge in [0.2, 0.25) is 0 Å². The summed E-state index contributed by atoms with van der Waals surface area (Å²) < 4.78 is 12.6. The molecule has 10 heteroatoms. The van der Waals surface area contributed by atoms with E-state index < -0.39 is 6.04 Å². The van der Waals surface area contributed by atoms with Crippen LogP contribution in [-0.4, -0.2) is 63.4 Å². The number of fused-ring (bicyclic) bond motifs is 1. The highest BCUT2D eigenvalue weighted by Crippen LogP contribution is 2.30. The van der Waals surface area contributed by atoms with Gasteiger partial charge < -0.3 is 19.0 Å². The van der Waals surface area contributed by atoms with Crippen LogP contribution in [0, 0.1) is 13.8 Å². The molecule has 10 nitrogen and oxygen atoms in total. The minimum atomic E-state index is -0.429. The molecule has 1 fully saturated rings. The van der Waals surface area contributed by atoms with Crippen molar-refractivity contribution in [3.8, 4) is 5.75 Å². The first-order chi connectivity index (χ1) is 19.0. The molecule has 5 aromatic rings. The zero-order chi connectivity index (χ0) is 26.9. The maximum atomic E-state index is 13.6. The highest BCUT2D eigenvalue weighted by molar-refractivity contribution is 5.83. The number of ether oxygens (including phenoxy) is 1. The topological polar surface area (TPSA) is 105 Å². The third-order valence-electron chi connectivity index (χ3n) is 7.44. The largest absolute Gasteiger partial charge is 0.497 e. The van der Waals surface area contributed by atoms with Crippen LogP contribution in [0.15, 0.2) is 70.1 Å². The number of H-pyrrole nitrogens is 1. The first-order valence-corrected chi connectivity index (χ1v) is 13.1. The average Bonchev–Trinajstić information content (AvgIpc) is 3.63. The van der Waals surface area contributed by atoms with Gasteiger partial charge in [-0.1, -0.05) is 6.07 Å². The van der Waals surface area contributed by atoms with Crippen LogP contribution in [0.1, 0.15) is 34.3 Å². The van der Waals surface area contributed by atoms with Crippen molar-refractivity contribution in [1.82, 2.24) is 30.1 Å². The van der Waals surface area contributed by atoms with E-state index in [9.17, 15) is 4.79 Å². The van der Waals surface area contributed by atoms with Gasteiger partial charge in [0, 0.05) is 48.3 Å². The highest BCUT2D eigenvalue weighted by atomic mass is 16.5. The fraction of sp³-hybridized carbons (Fsp3) is 0.310. The Hall–Kier alpha value is -4.44. The third-order valence-corrected chi connectivity index (χ3v) is 7.44. The van der Waals surface area contributed by atoms with Crippen LogP contribution in [-0.2, 0) is 6.54 Å². The van der Waals surface area contributed by atoms with E-state index in [-0.39, 0.29) is 5.56 Å². The van der Waals surface area contributed by atoms with Crippen molar-refractivity contribution >= 4 is 16.6 Å². The Morgan fingerprint density at radius 1 is 1.05 bits per heavy atom. The summed E-state index contributed by atoms with van der Waals surface area (Å²) in [6.45, 7) is 7.54. The Morgan fingerprint density at radius 2 is 1.85 bits per heavy atom. The quantitative estimate of drug-likeness (QED) is 0.343. The lowest BCUT2D eigenvalue weighted by atomic mass is 9.99. The number of benzene rings is 2. The molecule has 4 heterocycles. The number of piperazine rings is 1. The summed E-state index contributed by atoms with van der Waals surface area (Å²) in [6.07, 6.45) is 1.63. The van der Waals surface area contributed by atoms with E-state index in [1.807, 2.05) is 43.3 Å². The Morgan fingerprint density at radius 3 is 2.56 bits per heavy atom. The van der Waals surface area contributed by atoms with Gasteiger partial charge in [-0.25, -0.2) is 4.68 Å². The second-order valence-corrected chi connectivity index (χ2v) is 9.99. The van der Waals surface area contributed by atoms with Gasteiger partial charge in [0.1, 0.15) is 24.1 Å². The normalized spacial score (nSPS) is 15.1. The van der Waals surface area contributed by atoms with E-state index >= 15 is 0 Å². The highest BCUT2D eigenvalue weighted by Gasteiger charge is 2.33. The number of nitrogens with one attached hydrogen (secondary N) is 1. The number of rotatable bonds is 7. The van der Waals surface area contributed by atoms with E-state index in [1.54, 1.807) is 18.1 Å². The zero-order valence-electron chi connectivity index (χ0n) is 22.3. The van der Waals surface area contributed by atoms with Crippen molar-refractivity contribution in [2.24, 2.45) is 0 Å². The van der Waals surface area contributed by atoms with E-state index in [0.29, 0.717) is 17.9 Å². The summed E-state index contributed by atoms with van der Waals surface area (Å²) in [4.78, 5) is 21.4. The van der Waals surface area contributed by atoms with Crippen LogP contribution in [0.4, 0.5) is 5.69 Å². The molecule has 3 aromatic heterocycles. The molecule has 2 aromatic carbocycles. The number of hydrogen-bond acceptors (Lipinski definition) is 8. The van der Waals surface area contributed by atoms with Crippen LogP contribution in [0.25, 0.3) is 10.9 Å². The third kappa shape index (κ3) is 4.90. The molecule has 39 heavy (non-hydrogen) atoms. The predicted octanol–water partition coefficient (Wildman–Crippen LogP) is 3.69. The molecule has 0 amide bonds. The van der Waals surface area contributed by atoms with E-state index in [1.165, 1.54) is 0 Å².